The lowest BCUT2D eigenvalue weighted by Gasteiger charge is -2.18. The van der Waals surface area contributed by atoms with Gasteiger partial charge in [-0.25, -0.2) is 5.48 Å². The number of carbonyl (C=O) groups excluding carboxylic acids is 2. The molecular weight excluding hydrogens is 455 g/mol. The first-order valence-electron chi connectivity index (χ1n) is 8.78. The van der Waals surface area contributed by atoms with Gasteiger partial charge in [-0.3, -0.25) is 19.8 Å². The zero-order valence-corrected chi connectivity index (χ0v) is 17.3. The van der Waals surface area contributed by atoms with Gasteiger partial charge in [0.2, 0.25) is 0 Å². The van der Waals surface area contributed by atoms with Gasteiger partial charge in [-0.05, 0) is 18.2 Å². The second kappa shape index (κ2) is 8.89. The molecular formula is C20H15ClF3N3O5. The number of halogens is 4. The summed E-state index contributed by atoms with van der Waals surface area (Å²) in [6, 6.07) is 7.27. The highest BCUT2D eigenvalue weighted by Crippen LogP contribution is 2.45. The number of carbonyl (C=O) groups is 2. The van der Waals surface area contributed by atoms with E-state index in [0.717, 1.165) is 5.48 Å². The molecule has 168 valence electrons. The molecule has 1 heterocycles. The standard InChI is InChI=1S/C20H15ClF3N3O5/c1-31-10-5-3-4-9(6-10)18(28)26-12-7-13(32-2)17-14(16(12)21)15(20(22,23)24)11(8-25-17)19(29)27-30/h3-8,30H,1-2H3,(H,26,28)(H,27,29). The minimum absolute atomic E-state index is 0.133. The Morgan fingerprint density at radius 1 is 1.12 bits per heavy atom. The molecule has 0 aliphatic heterocycles. The molecule has 3 rings (SSSR count). The van der Waals surface area contributed by atoms with Crippen LogP contribution in [0.25, 0.3) is 10.9 Å². The average molecular weight is 470 g/mol. The van der Waals surface area contributed by atoms with Crippen LogP contribution in [0, 0.1) is 0 Å². The lowest BCUT2D eigenvalue weighted by atomic mass is 10.0. The summed E-state index contributed by atoms with van der Waals surface area (Å²) >= 11 is 6.26. The van der Waals surface area contributed by atoms with E-state index in [2.05, 4.69) is 10.3 Å². The fraction of sp³-hybridized carbons (Fsp3) is 0.150. The molecule has 0 fully saturated rings. The van der Waals surface area contributed by atoms with Crippen molar-refractivity contribution in [1.82, 2.24) is 10.5 Å². The predicted octanol–water partition coefficient (Wildman–Crippen LogP) is 4.30. The summed E-state index contributed by atoms with van der Waals surface area (Å²) in [7, 11) is 2.60. The minimum atomic E-state index is -5.06. The van der Waals surface area contributed by atoms with Crippen molar-refractivity contribution in [3.8, 4) is 11.5 Å². The molecule has 0 aliphatic rings. The number of methoxy groups -OCH3 is 2. The van der Waals surface area contributed by atoms with Gasteiger partial charge in [-0.15, -0.1) is 0 Å². The minimum Gasteiger partial charge on any atom is -0.497 e. The van der Waals surface area contributed by atoms with Crippen LogP contribution in [0.5, 0.6) is 11.5 Å². The van der Waals surface area contributed by atoms with Gasteiger partial charge >= 0.3 is 6.18 Å². The maximum absolute atomic E-state index is 13.9. The van der Waals surface area contributed by atoms with Gasteiger partial charge < -0.3 is 14.8 Å². The Labute approximate surface area is 183 Å². The van der Waals surface area contributed by atoms with Crippen LogP contribution in [0.1, 0.15) is 26.3 Å². The third kappa shape index (κ3) is 4.25. The van der Waals surface area contributed by atoms with Gasteiger partial charge in [0.15, 0.2) is 0 Å². The third-order valence-electron chi connectivity index (χ3n) is 4.47. The van der Waals surface area contributed by atoms with Gasteiger partial charge in [0, 0.05) is 23.2 Å². The van der Waals surface area contributed by atoms with Crippen molar-refractivity contribution in [3.63, 3.8) is 0 Å². The van der Waals surface area contributed by atoms with Crippen LogP contribution in [0.3, 0.4) is 0 Å². The SMILES string of the molecule is COc1cccc(C(=O)Nc2cc(OC)c3ncc(C(=O)NO)c(C(F)(F)F)c3c2Cl)c1. The number of hydroxylamine groups is 1. The van der Waals surface area contributed by atoms with Gasteiger partial charge in [0.05, 0.1) is 36.1 Å². The lowest BCUT2D eigenvalue weighted by molar-refractivity contribution is -0.136. The van der Waals surface area contributed by atoms with E-state index in [0.29, 0.717) is 11.9 Å². The number of aromatic nitrogens is 1. The molecule has 12 heteroatoms. The maximum atomic E-state index is 13.9. The number of hydrogen-bond donors (Lipinski definition) is 3. The Morgan fingerprint density at radius 3 is 2.44 bits per heavy atom. The number of fused-ring (bicyclic) bond motifs is 1. The fourth-order valence-corrected chi connectivity index (χ4v) is 3.33. The first-order valence-corrected chi connectivity index (χ1v) is 9.16. The van der Waals surface area contributed by atoms with Crippen molar-refractivity contribution >= 4 is 40.0 Å². The predicted molar refractivity (Wildman–Crippen MR) is 109 cm³/mol. The average Bonchev–Trinajstić information content (AvgIpc) is 2.78. The van der Waals surface area contributed by atoms with E-state index in [1.165, 1.54) is 32.4 Å². The van der Waals surface area contributed by atoms with Crippen molar-refractivity contribution < 1.29 is 37.4 Å². The van der Waals surface area contributed by atoms with Gasteiger partial charge in [-0.1, -0.05) is 17.7 Å². The molecule has 0 aliphatic carbocycles. The van der Waals surface area contributed by atoms with Crippen LogP contribution >= 0.6 is 11.6 Å². The number of alkyl halides is 3. The Morgan fingerprint density at radius 2 is 1.84 bits per heavy atom. The number of anilines is 1. The number of rotatable bonds is 5. The van der Waals surface area contributed by atoms with E-state index in [9.17, 15) is 22.8 Å². The molecule has 0 saturated heterocycles. The Bertz CT molecular complexity index is 1220. The van der Waals surface area contributed by atoms with E-state index < -0.39 is 39.5 Å². The summed E-state index contributed by atoms with van der Waals surface area (Å²) in [5.41, 5.74) is -1.61. The van der Waals surface area contributed by atoms with Crippen molar-refractivity contribution in [1.29, 1.82) is 0 Å². The molecule has 8 nitrogen and oxygen atoms in total. The number of hydrogen-bond acceptors (Lipinski definition) is 6. The van der Waals surface area contributed by atoms with Crippen LogP contribution in [0.2, 0.25) is 5.02 Å². The highest BCUT2D eigenvalue weighted by molar-refractivity contribution is 6.39. The number of benzene rings is 2. The van der Waals surface area contributed by atoms with E-state index in [-0.39, 0.29) is 22.5 Å². The molecule has 2 aromatic carbocycles. The normalized spacial score (nSPS) is 11.2. The maximum Gasteiger partial charge on any atom is 0.417 e. The number of amides is 2. The van der Waals surface area contributed by atoms with Gasteiger partial charge in [-0.2, -0.15) is 13.2 Å². The van der Waals surface area contributed by atoms with Crippen LogP contribution < -0.4 is 20.3 Å². The molecule has 0 spiro atoms. The highest BCUT2D eigenvalue weighted by Gasteiger charge is 2.39. The smallest absolute Gasteiger partial charge is 0.417 e. The monoisotopic (exact) mass is 469 g/mol. The second-order valence-electron chi connectivity index (χ2n) is 6.34. The van der Waals surface area contributed by atoms with Gasteiger partial charge in [0.25, 0.3) is 11.8 Å². The first-order chi connectivity index (χ1) is 15.1. The third-order valence-corrected chi connectivity index (χ3v) is 4.87. The molecule has 3 N–H and O–H groups in total. The number of ether oxygens (including phenoxy) is 2. The highest BCUT2D eigenvalue weighted by atomic mass is 35.5. The summed E-state index contributed by atoms with van der Waals surface area (Å²) in [6.45, 7) is 0. The van der Waals surface area contributed by atoms with E-state index in [1.807, 2.05) is 0 Å². The van der Waals surface area contributed by atoms with Crippen LogP contribution in [0.15, 0.2) is 36.5 Å². The molecule has 0 atom stereocenters. The van der Waals surface area contributed by atoms with Crippen LogP contribution in [-0.4, -0.2) is 36.2 Å². The van der Waals surface area contributed by atoms with Crippen molar-refractivity contribution in [2.45, 2.75) is 6.18 Å². The summed E-state index contributed by atoms with van der Waals surface area (Å²) in [5.74, 6) is -1.86. The summed E-state index contributed by atoms with van der Waals surface area (Å²) in [4.78, 5) is 28.4. The largest absolute Gasteiger partial charge is 0.497 e. The van der Waals surface area contributed by atoms with Crippen LogP contribution in [0.4, 0.5) is 18.9 Å². The zero-order chi connectivity index (χ0) is 23.6. The van der Waals surface area contributed by atoms with Crippen molar-refractivity contribution in [3.05, 3.63) is 58.2 Å². The van der Waals surface area contributed by atoms with Crippen molar-refractivity contribution in [2.24, 2.45) is 0 Å². The number of nitrogens with one attached hydrogen (secondary N) is 2. The summed E-state index contributed by atoms with van der Waals surface area (Å²) in [5, 5.41) is 10.1. The summed E-state index contributed by atoms with van der Waals surface area (Å²) in [6.07, 6.45) is -4.42. The number of nitrogens with zero attached hydrogens (tertiary/aromatic N) is 1. The van der Waals surface area contributed by atoms with Crippen molar-refractivity contribution in [2.75, 3.05) is 19.5 Å². The Hall–Kier alpha value is -3.57. The molecule has 2 amide bonds. The molecule has 32 heavy (non-hydrogen) atoms. The first kappa shape index (κ1) is 23.1. The van der Waals surface area contributed by atoms with Gasteiger partial charge in [0.1, 0.15) is 17.0 Å². The molecule has 0 radical (unpaired) electrons. The molecule has 0 saturated carbocycles. The van der Waals surface area contributed by atoms with E-state index in [4.69, 9.17) is 26.3 Å². The fourth-order valence-electron chi connectivity index (χ4n) is 3.04. The Kier molecular flexibility index (Phi) is 6.42. The number of pyridine rings is 1. The van der Waals surface area contributed by atoms with E-state index >= 15 is 0 Å². The second-order valence-corrected chi connectivity index (χ2v) is 6.71. The lowest BCUT2D eigenvalue weighted by Crippen LogP contribution is -2.24. The summed E-state index contributed by atoms with van der Waals surface area (Å²) < 4.78 is 52.0. The molecule has 0 bridgehead atoms. The molecule has 0 unspecified atom stereocenters. The molecule has 1 aromatic heterocycles. The topological polar surface area (TPSA) is 110 Å². The zero-order valence-electron chi connectivity index (χ0n) is 16.5. The molecule has 3 aromatic rings. The van der Waals surface area contributed by atoms with Crippen LogP contribution in [-0.2, 0) is 6.18 Å². The quantitative estimate of drug-likeness (QED) is 0.380. The Balaban J connectivity index is 2.25. The van der Waals surface area contributed by atoms with E-state index in [1.54, 1.807) is 12.1 Å².